The number of thioether (sulfide) groups is 1. The molecule has 0 fully saturated rings. The first-order chi connectivity index (χ1) is 16.9. The van der Waals surface area contributed by atoms with Crippen LogP contribution in [0.4, 0.5) is 0 Å². The third kappa shape index (κ3) is 8.75. The lowest BCUT2D eigenvalue weighted by molar-refractivity contribution is -0.141. The molecule has 0 aliphatic heterocycles. The summed E-state index contributed by atoms with van der Waals surface area (Å²) in [6.07, 6.45) is 0.787. The van der Waals surface area contributed by atoms with Crippen molar-refractivity contribution in [3.8, 4) is 0 Å². The van der Waals surface area contributed by atoms with E-state index in [0.29, 0.717) is 23.6 Å². The van der Waals surface area contributed by atoms with E-state index in [4.69, 9.17) is 11.6 Å². The molecule has 3 aromatic rings. The van der Waals surface area contributed by atoms with E-state index in [1.165, 1.54) is 5.56 Å². The van der Waals surface area contributed by atoms with E-state index in [0.717, 1.165) is 16.9 Å². The summed E-state index contributed by atoms with van der Waals surface area (Å²) in [5.74, 6) is 1.32. The van der Waals surface area contributed by atoms with Crippen LogP contribution in [0.15, 0.2) is 84.9 Å². The predicted octanol–water partition coefficient (Wildman–Crippen LogP) is 6.13. The van der Waals surface area contributed by atoms with Gasteiger partial charge < -0.3 is 10.2 Å². The van der Waals surface area contributed by atoms with Crippen molar-refractivity contribution in [1.29, 1.82) is 0 Å². The first-order valence-electron chi connectivity index (χ1n) is 11.9. The molecule has 0 heterocycles. The highest BCUT2D eigenvalue weighted by molar-refractivity contribution is 7.98. The minimum absolute atomic E-state index is 0.0283. The zero-order chi connectivity index (χ0) is 25.0. The molecule has 4 nitrogen and oxygen atoms in total. The Balaban J connectivity index is 1.80. The fourth-order valence-corrected chi connectivity index (χ4v) is 4.90. The molecule has 35 heavy (non-hydrogen) atoms. The van der Waals surface area contributed by atoms with Crippen LogP contribution in [-0.4, -0.2) is 34.6 Å². The van der Waals surface area contributed by atoms with E-state index in [-0.39, 0.29) is 24.4 Å². The standard InChI is InChI=1S/C29H33ClN2O2S/c1-22(2)31-29(34)27(19-23-11-5-3-6-12-23)32(20-25-15-9-10-16-26(25)30)28(33)17-18-35-21-24-13-7-4-8-14-24/h3-16,22,27H,17-21H2,1-2H3,(H,31,34). The average Bonchev–Trinajstić information content (AvgIpc) is 2.85. The highest BCUT2D eigenvalue weighted by Gasteiger charge is 2.30. The molecule has 0 aliphatic carbocycles. The Bertz CT molecular complexity index is 1080. The quantitative estimate of drug-likeness (QED) is 0.299. The van der Waals surface area contributed by atoms with Gasteiger partial charge in [-0.25, -0.2) is 0 Å². The summed E-state index contributed by atoms with van der Waals surface area (Å²) in [6.45, 7) is 4.14. The Morgan fingerprint density at radius 2 is 1.49 bits per heavy atom. The second kappa shape index (κ2) is 14.0. The van der Waals surface area contributed by atoms with E-state index < -0.39 is 6.04 Å². The van der Waals surface area contributed by atoms with Gasteiger partial charge in [0.25, 0.3) is 0 Å². The number of rotatable bonds is 12. The monoisotopic (exact) mass is 508 g/mol. The van der Waals surface area contributed by atoms with Gasteiger partial charge in [0.15, 0.2) is 0 Å². The molecule has 184 valence electrons. The number of benzene rings is 3. The molecule has 0 saturated heterocycles. The third-order valence-electron chi connectivity index (χ3n) is 5.57. The predicted molar refractivity (Wildman–Crippen MR) is 146 cm³/mol. The van der Waals surface area contributed by atoms with Gasteiger partial charge in [-0.15, -0.1) is 0 Å². The Morgan fingerprint density at radius 1 is 0.886 bits per heavy atom. The summed E-state index contributed by atoms with van der Waals surface area (Å²) in [5.41, 5.74) is 3.07. The molecule has 3 rings (SSSR count). The second-order valence-corrected chi connectivity index (χ2v) is 10.3. The molecule has 2 amide bonds. The van der Waals surface area contributed by atoms with Gasteiger partial charge in [0.2, 0.25) is 11.8 Å². The molecule has 0 bridgehead atoms. The molecule has 0 aliphatic rings. The highest BCUT2D eigenvalue weighted by atomic mass is 35.5. The smallest absolute Gasteiger partial charge is 0.243 e. The van der Waals surface area contributed by atoms with Crippen LogP contribution in [0.3, 0.4) is 0 Å². The van der Waals surface area contributed by atoms with Crippen LogP contribution >= 0.6 is 23.4 Å². The van der Waals surface area contributed by atoms with Gasteiger partial charge in [-0.1, -0.05) is 90.5 Å². The fourth-order valence-electron chi connectivity index (χ4n) is 3.81. The molecule has 1 atom stereocenters. The molecule has 0 aromatic heterocycles. The lowest BCUT2D eigenvalue weighted by Gasteiger charge is -2.32. The minimum atomic E-state index is -0.636. The Kier molecular flexibility index (Phi) is 10.7. The molecular weight excluding hydrogens is 476 g/mol. The van der Waals surface area contributed by atoms with Crippen molar-refractivity contribution in [3.05, 3.63) is 107 Å². The number of hydrogen-bond donors (Lipinski definition) is 1. The van der Waals surface area contributed by atoms with Crippen molar-refractivity contribution < 1.29 is 9.59 Å². The Morgan fingerprint density at radius 3 is 2.11 bits per heavy atom. The normalized spacial score (nSPS) is 11.8. The maximum atomic E-state index is 13.6. The molecule has 3 aromatic carbocycles. The van der Waals surface area contributed by atoms with E-state index in [1.807, 2.05) is 86.6 Å². The van der Waals surface area contributed by atoms with E-state index >= 15 is 0 Å². The summed E-state index contributed by atoms with van der Waals surface area (Å²) in [5, 5.41) is 3.61. The first kappa shape index (κ1) is 26.8. The number of carbonyl (C=O) groups excluding carboxylic acids is 2. The lowest BCUT2D eigenvalue weighted by Crippen LogP contribution is -2.51. The number of carbonyl (C=O) groups is 2. The second-order valence-electron chi connectivity index (χ2n) is 8.77. The molecule has 0 saturated carbocycles. The first-order valence-corrected chi connectivity index (χ1v) is 13.5. The summed E-state index contributed by atoms with van der Waals surface area (Å²) in [4.78, 5) is 28.6. The molecule has 1 N–H and O–H groups in total. The summed E-state index contributed by atoms with van der Waals surface area (Å²) < 4.78 is 0. The lowest BCUT2D eigenvalue weighted by atomic mass is 10.0. The van der Waals surface area contributed by atoms with Gasteiger partial charge in [-0.3, -0.25) is 9.59 Å². The van der Waals surface area contributed by atoms with Crippen LogP contribution in [0, 0.1) is 0 Å². The number of nitrogens with zero attached hydrogens (tertiary/aromatic N) is 1. The van der Waals surface area contributed by atoms with Crippen molar-refractivity contribution in [2.24, 2.45) is 0 Å². The van der Waals surface area contributed by atoms with Crippen LogP contribution in [0.25, 0.3) is 0 Å². The van der Waals surface area contributed by atoms with Gasteiger partial charge in [-0.05, 0) is 36.6 Å². The summed E-state index contributed by atoms with van der Waals surface area (Å²) >= 11 is 8.18. The largest absolute Gasteiger partial charge is 0.352 e. The third-order valence-corrected chi connectivity index (χ3v) is 6.97. The maximum absolute atomic E-state index is 13.6. The van der Waals surface area contributed by atoms with Crippen molar-refractivity contribution in [2.75, 3.05) is 5.75 Å². The fraction of sp³-hybridized carbons (Fsp3) is 0.310. The Hall–Kier alpha value is -2.76. The van der Waals surface area contributed by atoms with Crippen molar-refractivity contribution >= 4 is 35.2 Å². The minimum Gasteiger partial charge on any atom is -0.352 e. The molecule has 1 unspecified atom stereocenters. The van der Waals surface area contributed by atoms with Crippen molar-refractivity contribution in [1.82, 2.24) is 10.2 Å². The number of nitrogens with one attached hydrogen (secondary N) is 1. The SMILES string of the molecule is CC(C)NC(=O)C(Cc1ccccc1)N(Cc1ccccc1Cl)C(=O)CCSCc1ccccc1. The summed E-state index contributed by atoms with van der Waals surface area (Å²) in [6, 6.07) is 26.9. The van der Waals surface area contributed by atoms with Gasteiger partial charge in [-0.2, -0.15) is 11.8 Å². The van der Waals surface area contributed by atoms with E-state index in [2.05, 4.69) is 17.4 Å². The van der Waals surface area contributed by atoms with Crippen LogP contribution in [0.1, 0.15) is 37.0 Å². The van der Waals surface area contributed by atoms with Gasteiger partial charge in [0, 0.05) is 42.0 Å². The van der Waals surface area contributed by atoms with Crippen molar-refractivity contribution in [2.45, 2.75) is 51.1 Å². The molecule has 6 heteroatoms. The number of halogens is 1. The average molecular weight is 509 g/mol. The zero-order valence-corrected chi connectivity index (χ0v) is 21.9. The van der Waals surface area contributed by atoms with Gasteiger partial charge in [0.05, 0.1) is 0 Å². The summed E-state index contributed by atoms with van der Waals surface area (Å²) in [7, 11) is 0. The Labute approximate surface area is 218 Å². The van der Waals surface area contributed by atoms with Gasteiger partial charge >= 0.3 is 0 Å². The van der Waals surface area contributed by atoms with Crippen LogP contribution in [0.2, 0.25) is 5.02 Å². The topological polar surface area (TPSA) is 49.4 Å². The van der Waals surface area contributed by atoms with Crippen molar-refractivity contribution in [3.63, 3.8) is 0 Å². The maximum Gasteiger partial charge on any atom is 0.243 e. The van der Waals surface area contributed by atoms with E-state index in [9.17, 15) is 9.59 Å². The van der Waals surface area contributed by atoms with Crippen LogP contribution in [-0.2, 0) is 28.3 Å². The van der Waals surface area contributed by atoms with Crippen LogP contribution in [0.5, 0.6) is 0 Å². The zero-order valence-electron chi connectivity index (χ0n) is 20.3. The number of amides is 2. The van der Waals surface area contributed by atoms with Crippen LogP contribution < -0.4 is 5.32 Å². The molecule has 0 radical (unpaired) electrons. The molecular formula is C29H33ClN2O2S. The number of hydrogen-bond acceptors (Lipinski definition) is 3. The van der Waals surface area contributed by atoms with Gasteiger partial charge in [0.1, 0.15) is 6.04 Å². The molecule has 0 spiro atoms. The highest BCUT2D eigenvalue weighted by Crippen LogP contribution is 2.22. The van der Waals surface area contributed by atoms with E-state index in [1.54, 1.807) is 16.7 Å².